The first kappa shape index (κ1) is 12.8. The molecule has 3 aromatic rings. The molecule has 1 amide bonds. The molecule has 0 radical (unpaired) electrons. The van der Waals surface area contributed by atoms with E-state index in [-0.39, 0.29) is 0 Å². The van der Waals surface area contributed by atoms with Crippen LogP contribution in [0.1, 0.15) is 10.4 Å². The van der Waals surface area contributed by atoms with E-state index in [9.17, 15) is 4.79 Å². The summed E-state index contributed by atoms with van der Waals surface area (Å²) in [6, 6.07) is 6.84. The Morgan fingerprint density at radius 1 is 1.25 bits per heavy atom. The number of nitrogens with one attached hydrogen (secondary N) is 2. The van der Waals surface area contributed by atoms with E-state index in [4.69, 9.17) is 5.73 Å². The van der Waals surface area contributed by atoms with Gasteiger partial charge in [0.1, 0.15) is 5.82 Å². The molecule has 0 aliphatic rings. The molecule has 3 rings (SSSR count). The van der Waals surface area contributed by atoms with Crippen LogP contribution in [0.4, 0.5) is 11.5 Å². The molecule has 20 heavy (non-hydrogen) atoms. The van der Waals surface area contributed by atoms with Gasteiger partial charge in [0.05, 0.1) is 11.6 Å². The first-order valence-corrected chi connectivity index (χ1v) is 6.75. The molecule has 0 spiro atoms. The standard InChI is InChI=1S/C12H9IN6O/c13-12-17-10(8-5-15-19-11(8)18-12)16-7-3-1-6(2-4-7)9(14)20/h1-5H,(H2,14,20)(H2,15,16,17,18,19). The van der Waals surface area contributed by atoms with Crippen LogP contribution >= 0.6 is 22.6 Å². The molecule has 0 atom stereocenters. The SMILES string of the molecule is NC(=O)c1ccc(Nc2nc(I)nc3[nH]ncc23)cc1. The molecule has 100 valence electrons. The summed E-state index contributed by atoms with van der Waals surface area (Å²) >= 11 is 2.04. The molecule has 2 aromatic heterocycles. The number of rotatable bonds is 3. The van der Waals surface area contributed by atoms with Crippen LogP contribution in [0.3, 0.4) is 0 Å². The molecule has 0 saturated heterocycles. The minimum Gasteiger partial charge on any atom is -0.366 e. The maximum absolute atomic E-state index is 11.0. The Morgan fingerprint density at radius 2 is 2.00 bits per heavy atom. The predicted octanol–water partition coefficient (Wildman–Crippen LogP) is 1.80. The molecule has 0 saturated carbocycles. The Kier molecular flexibility index (Phi) is 3.22. The third kappa shape index (κ3) is 2.41. The Balaban J connectivity index is 1.96. The molecular weight excluding hydrogens is 371 g/mol. The molecule has 1 aromatic carbocycles. The lowest BCUT2D eigenvalue weighted by Crippen LogP contribution is -2.10. The zero-order valence-electron chi connectivity index (χ0n) is 10.1. The summed E-state index contributed by atoms with van der Waals surface area (Å²) in [6.45, 7) is 0. The highest BCUT2D eigenvalue weighted by Crippen LogP contribution is 2.23. The van der Waals surface area contributed by atoms with Crippen molar-refractivity contribution in [3.63, 3.8) is 0 Å². The molecule has 4 N–H and O–H groups in total. The number of hydrogen-bond acceptors (Lipinski definition) is 5. The first-order valence-electron chi connectivity index (χ1n) is 5.67. The normalized spacial score (nSPS) is 10.7. The van der Waals surface area contributed by atoms with Crippen LogP contribution in [0, 0.1) is 3.83 Å². The van der Waals surface area contributed by atoms with Gasteiger partial charge in [-0.15, -0.1) is 0 Å². The van der Waals surface area contributed by atoms with E-state index < -0.39 is 5.91 Å². The number of benzene rings is 1. The van der Waals surface area contributed by atoms with Gasteiger partial charge in [0, 0.05) is 33.8 Å². The van der Waals surface area contributed by atoms with Gasteiger partial charge in [0.15, 0.2) is 9.48 Å². The number of H-pyrrole nitrogens is 1. The monoisotopic (exact) mass is 380 g/mol. The average Bonchev–Trinajstić information content (AvgIpc) is 2.87. The third-order valence-electron chi connectivity index (χ3n) is 2.71. The number of primary amides is 1. The predicted molar refractivity (Wildman–Crippen MR) is 82.6 cm³/mol. The second-order valence-corrected chi connectivity index (χ2v) is 5.00. The number of fused-ring (bicyclic) bond motifs is 1. The maximum atomic E-state index is 11.0. The number of nitrogens with two attached hydrogens (primary N) is 1. The third-order valence-corrected chi connectivity index (χ3v) is 3.20. The minimum absolute atomic E-state index is 0.453. The molecule has 7 nitrogen and oxygen atoms in total. The average molecular weight is 380 g/mol. The van der Waals surface area contributed by atoms with Gasteiger partial charge >= 0.3 is 0 Å². The van der Waals surface area contributed by atoms with Crippen molar-refractivity contribution in [3.05, 3.63) is 39.9 Å². The smallest absolute Gasteiger partial charge is 0.248 e. The summed E-state index contributed by atoms with van der Waals surface area (Å²) in [5.74, 6) is 0.199. The van der Waals surface area contributed by atoms with Crippen LogP contribution in [0.15, 0.2) is 30.5 Å². The lowest BCUT2D eigenvalue weighted by molar-refractivity contribution is 0.100. The Morgan fingerprint density at radius 3 is 2.70 bits per heavy atom. The molecule has 0 fully saturated rings. The number of amides is 1. The summed E-state index contributed by atoms with van der Waals surface area (Å²) in [4.78, 5) is 19.6. The van der Waals surface area contributed by atoms with Gasteiger partial charge in [-0.05, 0) is 24.3 Å². The summed E-state index contributed by atoms with van der Waals surface area (Å²) < 4.78 is 0.607. The minimum atomic E-state index is -0.453. The first-order chi connectivity index (χ1) is 9.63. The van der Waals surface area contributed by atoms with Crippen LogP contribution in [0.2, 0.25) is 0 Å². The van der Waals surface area contributed by atoms with Gasteiger partial charge in [0.25, 0.3) is 0 Å². The zero-order chi connectivity index (χ0) is 14.1. The lowest BCUT2D eigenvalue weighted by atomic mass is 10.2. The van der Waals surface area contributed by atoms with Crippen molar-refractivity contribution >= 4 is 51.0 Å². The van der Waals surface area contributed by atoms with Crippen molar-refractivity contribution in [2.24, 2.45) is 5.73 Å². The summed E-state index contributed by atoms with van der Waals surface area (Å²) in [5, 5.41) is 10.7. The Bertz CT molecular complexity index is 782. The molecule has 8 heteroatoms. The number of aromatic nitrogens is 4. The van der Waals surface area contributed by atoms with Crippen molar-refractivity contribution in [1.29, 1.82) is 0 Å². The number of carbonyl (C=O) groups excluding carboxylic acids is 1. The van der Waals surface area contributed by atoms with Crippen LogP contribution in [0.25, 0.3) is 11.0 Å². The fraction of sp³-hybridized carbons (Fsp3) is 0. The van der Waals surface area contributed by atoms with E-state index in [0.717, 1.165) is 11.1 Å². The van der Waals surface area contributed by atoms with Crippen molar-refractivity contribution in [1.82, 2.24) is 20.2 Å². The number of carbonyl (C=O) groups is 1. The maximum Gasteiger partial charge on any atom is 0.248 e. The van der Waals surface area contributed by atoms with Crippen LogP contribution in [0.5, 0.6) is 0 Å². The van der Waals surface area contributed by atoms with Crippen molar-refractivity contribution < 1.29 is 4.79 Å². The van der Waals surface area contributed by atoms with E-state index in [1.165, 1.54) is 0 Å². The van der Waals surface area contributed by atoms with Crippen molar-refractivity contribution in [2.45, 2.75) is 0 Å². The largest absolute Gasteiger partial charge is 0.366 e. The van der Waals surface area contributed by atoms with E-state index in [1.807, 2.05) is 22.6 Å². The zero-order valence-corrected chi connectivity index (χ0v) is 12.2. The highest BCUT2D eigenvalue weighted by Gasteiger charge is 2.08. The molecule has 0 aliphatic carbocycles. The van der Waals surface area contributed by atoms with Crippen LogP contribution in [-0.4, -0.2) is 26.1 Å². The van der Waals surface area contributed by atoms with Gasteiger partial charge < -0.3 is 11.1 Å². The highest BCUT2D eigenvalue weighted by atomic mass is 127. The molecule has 0 aliphatic heterocycles. The summed E-state index contributed by atoms with van der Waals surface area (Å²) in [7, 11) is 0. The van der Waals surface area contributed by atoms with Crippen LogP contribution in [-0.2, 0) is 0 Å². The Labute approximate surface area is 127 Å². The van der Waals surface area contributed by atoms with Gasteiger partial charge in [-0.25, -0.2) is 9.97 Å². The summed E-state index contributed by atoms with van der Waals surface area (Å²) in [5.41, 5.74) is 7.13. The second-order valence-electron chi connectivity index (χ2n) is 4.04. The quantitative estimate of drug-likeness (QED) is 0.474. The fourth-order valence-electron chi connectivity index (χ4n) is 1.76. The number of halogens is 1. The van der Waals surface area contributed by atoms with Gasteiger partial charge in [0.2, 0.25) is 5.91 Å². The van der Waals surface area contributed by atoms with Crippen LogP contribution < -0.4 is 11.1 Å². The van der Waals surface area contributed by atoms with E-state index >= 15 is 0 Å². The van der Waals surface area contributed by atoms with Gasteiger partial charge in [-0.3, -0.25) is 9.89 Å². The van der Waals surface area contributed by atoms with Gasteiger partial charge in [-0.2, -0.15) is 5.10 Å². The highest BCUT2D eigenvalue weighted by molar-refractivity contribution is 14.1. The van der Waals surface area contributed by atoms with Gasteiger partial charge in [-0.1, -0.05) is 0 Å². The molecular formula is C12H9IN6O. The van der Waals surface area contributed by atoms with E-state index in [1.54, 1.807) is 30.5 Å². The Hall–Kier alpha value is -2.23. The number of hydrogen-bond donors (Lipinski definition) is 3. The summed E-state index contributed by atoms with van der Waals surface area (Å²) in [6.07, 6.45) is 1.66. The number of anilines is 2. The lowest BCUT2D eigenvalue weighted by Gasteiger charge is -2.07. The molecule has 0 bridgehead atoms. The van der Waals surface area contributed by atoms with E-state index in [2.05, 4.69) is 25.5 Å². The fourth-order valence-corrected chi connectivity index (χ4v) is 2.24. The molecule has 2 heterocycles. The molecule has 0 unspecified atom stereocenters. The number of nitrogens with zero attached hydrogens (tertiary/aromatic N) is 3. The second kappa shape index (κ2) is 5.04. The van der Waals surface area contributed by atoms with E-state index in [0.29, 0.717) is 20.9 Å². The van der Waals surface area contributed by atoms with Crippen molar-refractivity contribution in [2.75, 3.05) is 5.32 Å². The topological polar surface area (TPSA) is 110 Å². The van der Waals surface area contributed by atoms with Crippen molar-refractivity contribution in [3.8, 4) is 0 Å². The number of aromatic amines is 1.